The fraction of sp³-hybridized carbons (Fsp3) is 0.435. The van der Waals surface area contributed by atoms with Gasteiger partial charge in [-0.2, -0.15) is 5.10 Å². The molecule has 1 saturated heterocycles. The van der Waals surface area contributed by atoms with Crippen LogP contribution in [0.25, 0.3) is 11.0 Å². The van der Waals surface area contributed by atoms with E-state index < -0.39 is 0 Å². The van der Waals surface area contributed by atoms with Gasteiger partial charge in [0.2, 0.25) is 0 Å². The molecule has 0 bridgehead atoms. The van der Waals surface area contributed by atoms with Gasteiger partial charge >= 0.3 is 0 Å². The molecule has 0 aliphatic carbocycles. The molecule has 3 aromatic rings. The van der Waals surface area contributed by atoms with E-state index in [1.807, 2.05) is 60.3 Å². The monoisotopic (exact) mass is 422 g/mol. The first-order chi connectivity index (χ1) is 15.1. The number of fused-ring (bicyclic) bond motifs is 1. The predicted molar refractivity (Wildman–Crippen MR) is 123 cm³/mol. The number of carbonyl (C=O) groups is 1. The summed E-state index contributed by atoms with van der Waals surface area (Å²) in [5.74, 6) is -0.105. The van der Waals surface area contributed by atoms with Crippen LogP contribution < -0.4 is 15.5 Å². The van der Waals surface area contributed by atoms with Crippen molar-refractivity contribution in [1.29, 1.82) is 0 Å². The molecular formula is C23H30N6O2. The van der Waals surface area contributed by atoms with Crippen molar-refractivity contribution in [3.8, 4) is 0 Å². The lowest BCUT2D eigenvalue weighted by Gasteiger charge is -2.25. The zero-order valence-electron chi connectivity index (χ0n) is 18.4. The average molecular weight is 423 g/mol. The molecule has 0 spiro atoms. The normalized spacial score (nSPS) is 14.5. The van der Waals surface area contributed by atoms with E-state index in [0.717, 1.165) is 60.6 Å². The van der Waals surface area contributed by atoms with Crippen LogP contribution in [0.15, 0.2) is 36.7 Å². The zero-order valence-corrected chi connectivity index (χ0v) is 18.4. The predicted octanol–water partition coefficient (Wildman–Crippen LogP) is 3.04. The number of ether oxygens (including phenoxy) is 1. The van der Waals surface area contributed by atoms with Crippen molar-refractivity contribution in [3.05, 3.63) is 47.8 Å². The summed E-state index contributed by atoms with van der Waals surface area (Å²) in [6, 6.07) is 7.91. The maximum absolute atomic E-state index is 12.7. The minimum Gasteiger partial charge on any atom is -0.381 e. The number of pyridine rings is 1. The van der Waals surface area contributed by atoms with Gasteiger partial charge in [-0.15, -0.1) is 0 Å². The van der Waals surface area contributed by atoms with Crippen LogP contribution >= 0.6 is 0 Å². The molecule has 2 aromatic heterocycles. The highest BCUT2D eigenvalue weighted by atomic mass is 16.5. The SMILES string of the molecule is CCn1ncc2c(NC3CCOCC3)c(CNC(=O)c3ccc(N(C)C)cc3)cnc21. The third kappa shape index (κ3) is 4.64. The van der Waals surface area contributed by atoms with Gasteiger partial charge in [0.25, 0.3) is 5.91 Å². The Bertz CT molecular complexity index is 1040. The molecule has 8 nitrogen and oxygen atoms in total. The van der Waals surface area contributed by atoms with Crippen molar-refractivity contribution in [2.75, 3.05) is 37.5 Å². The van der Waals surface area contributed by atoms with Crippen molar-refractivity contribution < 1.29 is 9.53 Å². The number of benzene rings is 1. The van der Waals surface area contributed by atoms with Crippen LogP contribution in [0.3, 0.4) is 0 Å². The number of hydrogen-bond donors (Lipinski definition) is 2. The standard InChI is InChI=1S/C23H30N6O2/c1-4-29-22-20(15-26-29)21(27-18-9-11-31-12-10-18)17(13-24-22)14-25-23(30)16-5-7-19(8-6-16)28(2)3/h5-8,13,15,18H,4,9-12,14H2,1-3H3,(H,24,27)(H,25,30). The van der Waals surface area contributed by atoms with Crippen molar-refractivity contribution in [2.45, 2.75) is 38.9 Å². The van der Waals surface area contributed by atoms with Crippen LogP contribution in [0.1, 0.15) is 35.7 Å². The van der Waals surface area contributed by atoms with Crippen LogP contribution in [0.2, 0.25) is 0 Å². The number of hydrogen-bond acceptors (Lipinski definition) is 6. The Hall–Kier alpha value is -3.13. The van der Waals surface area contributed by atoms with Gasteiger partial charge in [0.1, 0.15) is 0 Å². The van der Waals surface area contributed by atoms with Crippen LogP contribution in [0.5, 0.6) is 0 Å². The van der Waals surface area contributed by atoms with E-state index >= 15 is 0 Å². The molecule has 164 valence electrons. The highest BCUT2D eigenvalue weighted by molar-refractivity contribution is 5.95. The summed E-state index contributed by atoms with van der Waals surface area (Å²) in [5.41, 5.74) is 4.50. The summed E-state index contributed by atoms with van der Waals surface area (Å²) in [6.07, 6.45) is 5.61. The quantitative estimate of drug-likeness (QED) is 0.609. The van der Waals surface area contributed by atoms with Crippen LogP contribution in [-0.2, 0) is 17.8 Å². The number of nitrogens with one attached hydrogen (secondary N) is 2. The first kappa shape index (κ1) is 21.1. The largest absolute Gasteiger partial charge is 0.381 e. The Balaban J connectivity index is 1.55. The fourth-order valence-electron chi connectivity index (χ4n) is 3.84. The zero-order chi connectivity index (χ0) is 21.8. The Morgan fingerprint density at radius 2 is 1.94 bits per heavy atom. The minimum atomic E-state index is -0.105. The molecule has 1 aliphatic rings. The van der Waals surface area contributed by atoms with Crippen LogP contribution in [-0.4, -0.2) is 54.0 Å². The number of anilines is 2. The first-order valence-corrected chi connectivity index (χ1v) is 10.8. The molecule has 3 heterocycles. The average Bonchev–Trinajstić information content (AvgIpc) is 3.22. The Morgan fingerprint density at radius 3 is 2.61 bits per heavy atom. The van der Waals surface area contributed by atoms with E-state index in [4.69, 9.17) is 4.74 Å². The fourth-order valence-corrected chi connectivity index (χ4v) is 3.84. The van der Waals surface area contributed by atoms with Gasteiger partial charge in [-0.1, -0.05) is 0 Å². The third-order valence-electron chi connectivity index (χ3n) is 5.70. The van der Waals surface area contributed by atoms with Gasteiger partial charge in [0, 0.05) is 69.5 Å². The maximum atomic E-state index is 12.7. The third-order valence-corrected chi connectivity index (χ3v) is 5.70. The molecule has 1 amide bonds. The topological polar surface area (TPSA) is 84.3 Å². The van der Waals surface area contributed by atoms with E-state index in [2.05, 4.69) is 27.6 Å². The van der Waals surface area contributed by atoms with Gasteiger partial charge in [0.15, 0.2) is 5.65 Å². The lowest BCUT2D eigenvalue weighted by Crippen LogP contribution is -2.29. The number of aromatic nitrogens is 3. The maximum Gasteiger partial charge on any atom is 0.251 e. The van der Waals surface area contributed by atoms with E-state index in [0.29, 0.717) is 18.2 Å². The highest BCUT2D eigenvalue weighted by Gasteiger charge is 2.19. The molecule has 2 N–H and O–H groups in total. The van der Waals surface area contributed by atoms with Crippen LogP contribution in [0.4, 0.5) is 11.4 Å². The summed E-state index contributed by atoms with van der Waals surface area (Å²) < 4.78 is 7.39. The molecule has 0 atom stereocenters. The van der Waals surface area contributed by atoms with Crippen molar-refractivity contribution in [2.24, 2.45) is 0 Å². The van der Waals surface area contributed by atoms with Crippen LogP contribution in [0, 0.1) is 0 Å². The number of aryl methyl sites for hydroxylation is 1. The summed E-state index contributed by atoms with van der Waals surface area (Å²) in [5, 5.41) is 12.2. The molecular weight excluding hydrogens is 392 g/mol. The van der Waals surface area contributed by atoms with Crippen molar-refractivity contribution in [1.82, 2.24) is 20.1 Å². The van der Waals surface area contributed by atoms with Gasteiger partial charge in [-0.25, -0.2) is 9.67 Å². The van der Waals surface area contributed by atoms with E-state index in [-0.39, 0.29) is 5.91 Å². The number of amides is 1. The van der Waals surface area contributed by atoms with Gasteiger partial charge in [0.05, 0.1) is 17.3 Å². The summed E-state index contributed by atoms with van der Waals surface area (Å²) in [6.45, 7) is 4.71. The highest BCUT2D eigenvalue weighted by Crippen LogP contribution is 2.28. The molecule has 1 aliphatic heterocycles. The molecule has 0 unspecified atom stereocenters. The first-order valence-electron chi connectivity index (χ1n) is 10.8. The van der Waals surface area contributed by atoms with Crippen molar-refractivity contribution >= 4 is 28.3 Å². The Morgan fingerprint density at radius 1 is 1.19 bits per heavy atom. The second kappa shape index (κ2) is 9.34. The molecule has 0 saturated carbocycles. The summed E-state index contributed by atoms with van der Waals surface area (Å²) in [4.78, 5) is 19.3. The second-order valence-electron chi connectivity index (χ2n) is 8.01. The minimum absolute atomic E-state index is 0.105. The van der Waals surface area contributed by atoms with Gasteiger partial charge < -0.3 is 20.3 Å². The van der Waals surface area contributed by atoms with Gasteiger partial charge in [-0.3, -0.25) is 4.79 Å². The molecule has 1 aromatic carbocycles. The van der Waals surface area contributed by atoms with Crippen molar-refractivity contribution in [3.63, 3.8) is 0 Å². The second-order valence-corrected chi connectivity index (χ2v) is 8.01. The Labute approximate surface area is 182 Å². The smallest absolute Gasteiger partial charge is 0.251 e. The Kier molecular flexibility index (Phi) is 6.36. The molecule has 0 radical (unpaired) electrons. The lowest BCUT2D eigenvalue weighted by atomic mass is 10.1. The number of rotatable bonds is 7. The van der Waals surface area contributed by atoms with E-state index in [1.54, 1.807) is 0 Å². The molecule has 1 fully saturated rings. The molecule has 31 heavy (non-hydrogen) atoms. The van der Waals surface area contributed by atoms with Gasteiger partial charge in [-0.05, 0) is 44.0 Å². The molecule has 4 rings (SSSR count). The summed E-state index contributed by atoms with van der Waals surface area (Å²) in [7, 11) is 3.96. The summed E-state index contributed by atoms with van der Waals surface area (Å²) >= 11 is 0. The van der Waals surface area contributed by atoms with E-state index in [9.17, 15) is 4.79 Å². The number of nitrogens with zero attached hydrogens (tertiary/aromatic N) is 4. The molecule has 8 heteroatoms. The lowest BCUT2D eigenvalue weighted by molar-refractivity contribution is 0.0904. The van der Waals surface area contributed by atoms with E-state index in [1.165, 1.54) is 0 Å². The number of carbonyl (C=O) groups excluding carboxylic acids is 1.